The van der Waals surface area contributed by atoms with Gasteiger partial charge in [0.25, 0.3) is 0 Å². The van der Waals surface area contributed by atoms with Crippen LogP contribution in [0.15, 0.2) is 17.6 Å². The molecule has 1 aliphatic carbocycles. The van der Waals surface area contributed by atoms with Crippen LogP contribution in [0, 0.1) is 5.92 Å². The molecule has 0 aromatic rings. The predicted octanol–water partition coefficient (Wildman–Crippen LogP) is 2.47. The lowest BCUT2D eigenvalue weighted by atomic mass is 9.83. The molecule has 0 aromatic carbocycles. The quantitative estimate of drug-likeness (QED) is 0.315. The van der Waals surface area contributed by atoms with Crippen LogP contribution in [0.3, 0.4) is 0 Å². The summed E-state index contributed by atoms with van der Waals surface area (Å²) in [6.45, 7) is 5.41. The molecule has 5 heteroatoms. The Bertz CT molecular complexity index is 286. The lowest BCUT2D eigenvalue weighted by molar-refractivity contribution is 0.171. The standard InChI is InChI=1S/C15H30N4.HI/c1-5-11-17-15(16-2)18-12-14(19(3)4)13-9-7-6-8-10-13;/h5,13-14H,1,6-12H2,2-4H3,(H2,16,17,18);1H. The molecule has 0 radical (unpaired) electrons. The second-order valence-corrected chi connectivity index (χ2v) is 5.55. The number of aliphatic imine (C=N–C) groups is 1. The van der Waals surface area contributed by atoms with Crippen LogP contribution in [0.1, 0.15) is 32.1 Å². The van der Waals surface area contributed by atoms with Crippen molar-refractivity contribution >= 4 is 29.9 Å². The first-order valence-corrected chi connectivity index (χ1v) is 7.41. The van der Waals surface area contributed by atoms with Crippen LogP contribution in [0.5, 0.6) is 0 Å². The van der Waals surface area contributed by atoms with Gasteiger partial charge in [-0.15, -0.1) is 30.6 Å². The van der Waals surface area contributed by atoms with Crippen molar-refractivity contribution in [2.75, 3.05) is 34.2 Å². The summed E-state index contributed by atoms with van der Waals surface area (Å²) in [6, 6.07) is 0.586. The average Bonchev–Trinajstić information content (AvgIpc) is 2.43. The van der Waals surface area contributed by atoms with E-state index in [0.29, 0.717) is 6.04 Å². The van der Waals surface area contributed by atoms with Gasteiger partial charge in [0, 0.05) is 26.2 Å². The normalized spacial score (nSPS) is 18.3. The van der Waals surface area contributed by atoms with E-state index in [4.69, 9.17) is 0 Å². The third-order valence-electron chi connectivity index (χ3n) is 3.97. The molecule has 1 atom stereocenters. The van der Waals surface area contributed by atoms with Crippen LogP contribution in [-0.2, 0) is 0 Å². The fourth-order valence-electron chi connectivity index (χ4n) is 2.88. The molecule has 118 valence electrons. The summed E-state index contributed by atoms with van der Waals surface area (Å²) in [4.78, 5) is 6.58. The molecule has 0 aliphatic heterocycles. The molecule has 4 nitrogen and oxygen atoms in total. The Morgan fingerprint density at radius 2 is 1.95 bits per heavy atom. The average molecular weight is 394 g/mol. The van der Waals surface area contributed by atoms with Crippen LogP contribution in [0.25, 0.3) is 0 Å². The number of hydrogen-bond donors (Lipinski definition) is 2. The van der Waals surface area contributed by atoms with Gasteiger partial charge in [-0.3, -0.25) is 4.99 Å². The molecule has 0 saturated heterocycles. The summed E-state index contributed by atoms with van der Waals surface area (Å²) in [6.07, 6.45) is 8.76. The van der Waals surface area contributed by atoms with E-state index in [9.17, 15) is 0 Å². The number of likely N-dealkylation sites (N-methyl/N-ethyl adjacent to an activating group) is 1. The van der Waals surface area contributed by atoms with E-state index in [1.807, 2.05) is 13.1 Å². The van der Waals surface area contributed by atoms with Gasteiger partial charge >= 0.3 is 0 Å². The first-order chi connectivity index (χ1) is 9.19. The van der Waals surface area contributed by atoms with E-state index in [1.54, 1.807) is 0 Å². The lowest BCUT2D eigenvalue weighted by Gasteiger charge is -2.35. The molecule has 20 heavy (non-hydrogen) atoms. The molecule has 1 unspecified atom stereocenters. The number of nitrogens with zero attached hydrogens (tertiary/aromatic N) is 2. The zero-order valence-corrected chi connectivity index (χ0v) is 15.5. The second kappa shape index (κ2) is 11.4. The van der Waals surface area contributed by atoms with E-state index in [0.717, 1.165) is 25.0 Å². The van der Waals surface area contributed by atoms with Gasteiger partial charge in [0.1, 0.15) is 0 Å². The van der Waals surface area contributed by atoms with E-state index in [-0.39, 0.29) is 24.0 Å². The zero-order chi connectivity index (χ0) is 14.1. The van der Waals surface area contributed by atoms with Gasteiger partial charge in [-0.2, -0.15) is 0 Å². The minimum absolute atomic E-state index is 0. The molecule has 1 saturated carbocycles. The van der Waals surface area contributed by atoms with Crippen molar-refractivity contribution in [1.29, 1.82) is 0 Å². The van der Waals surface area contributed by atoms with Crippen LogP contribution in [0.4, 0.5) is 0 Å². The Balaban J connectivity index is 0.00000361. The predicted molar refractivity (Wildman–Crippen MR) is 99.0 cm³/mol. The van der Waals surface area contributed by atoms with Crippen molar-refractivity contribution in [1.82, 2.24) is 15.5 Å². The van der Waals surface area contributed by atoms with Crippen molar-refractivity contribution in [2.24, 2.45) is 10.9 Å². The van der Waals surface area contributed by atoms with Gasteiger partial charge < -0.3 is 15.5 Å². The highest BCUT2D eigenvalue weighted by molar-refractivity contribution is 14.0. The Morgan fingerprint density at radius 1 is 1.30 bits per heavy atom. The monoisotopic (exact) mass is 394 g/mol. The van der Waals surface area contributed by atoms with E-state index >= 15 is 0 Å². The second-order valence-electron chi connectivity index (χ2n) is 5.55. The molecule has 1 fully saturated rings. The number of halogens is 1. The highest BCUT2D eigenvalue weighted by Crippen LogP contribution is 2.27. The molecule has 1 aliphatic rings. The molecule has 0 heterocycles. The summed E-state index contributed by atoms with van der Waals surface area (Å²) < 4.78 is 0. The molecule has 0 spiro atoms. The Morgan fingerprint density at radius 3 is 2.45 bits per heavy atom. The maximum absolute atomic E-state index is 4.23. The molecular formula is C15H31IN4. The molecular weight excluding hydrogens is 363 g/mol. The molecule has 1 rings (SSSR count). The minimum Gasteiger partial charge on any atom is -0.355 e. The van der Waals surface area contributed by atoms with Crippen LogP contribution in [0.2, 0.25) is 0 Å². The smallest absolute Gasteiger partial charge is 0.191 e. The highest BCUT2D eigenvalue weighted by atomic mass is 127. The fraction of sp³-hybridized carbons (Fsp3) is 0.800. The minimum atomic E-state index is 0. The van der Waals surface area contributed by atoms with Gasteiger partial charge in [-0.1, -0.05) is 25.3 Å². The zero-order valence-electron chi connectivity index (χ0n) is 13.2. The topological polar surface area (TPSA) is 39.7 Å². The van der Waals surface area contributed by atoms with Gasteiger partial charge in [0.15, 0.2) is 5.96 Å². The summed E-state index contributed by atoms with van der Waals surface area (Å²) in [7, 11) is 6.17. The first-order valence-electron chi connectivity index (χ1n) is 7.41. The maximum atomic E-state index is 4.23. The highest BCUT2D eigenvalue weighted by Gasteiger charge is 2.25. The fourth-order valence-corrected chi connectivity index (χ4v) is 2.88. The van der Waals surface area contributed by atoms with E-state index in [1.165, 1.54) is 32.1 Å². The molecule has 0 aromatic heterocycles. The molecule has 0 bridgehead atoms. The number of hydrogen-bond acceptors (Lipinski definition) is 2. The van der Waals surface area contributed by atoms with Crippen molar-refractivity contribution < 1.29 is 0 Å². The summed E-state index contributed by atoms with van der Waals surface area (Å²) in [5.74, 6) is 1.68. The largest absolute Gasteiger partial charge is 0.355 e. The molecule has 0 amide bonds. The van der Waals surface area contributed by atoms with Gasteiger partial charge in [0.2, 0.25) is 0 Å². The maximum Gasteiger partial charge on any atom is 0.191 e. The third-order valence-corrected chi connectivity index (χ3v) is 3.97. The number of rotatable bonds is 6. The van der Waals surface area contributed by atoms with Crippen LogP contribution >= 0.6 is 24.0 Å². The Hall–Kier alpha value is -0.300. The lowest BCUT2D eigenvalue weighted by Crippen LogP contribution is -2.48. The van der Waals surface area contributed by atoms with Crippen molar-refractivity contribution in [3.8, 4) is 0 Å². The van der Waals surface area contributed by atoms with Gasteiger partial charge in [-0.05, 0) is 32.9 Å². The first kappa shape index (κ1) is 19.7. The van der Waals surface area contributed by atoms with Gasteiger partial charge in [0.05, 0.1) is 0 Å². The summed E-state index contributed by atoms with van der Waals surface area (Å²) in [5, 5.41) is 6.65. The van der Waals surface area contributed by atoms with E-state index in [2.05, 4.69) is 41.2 Å². The molecule has 2 N–H and O–H groups in total. The third kappa shape index (κ3) is 6.92. The van der Waals surface area contributed by atoms with Crippen LogP contribution < -0.4 is 10.6 Å². The van der Waals surface area contributed by atoms with Crippen molar-refractivity contribution in [3.63, 3.8) is 0 Å². The Labute approximate surface area is 141 Å². The summed E-state index contributed by atoms with van der Waals surface area (Å²) in [5.41, 5.74) is 0. The number of nitrogens with one attached hydrogen (secondary N) is 2. The van der Waals surface area contributed by atoms with Crippen LogP contribution in [-0.4, -0.2) is 51.1 Å². The van der Waals surface area contributed by atoms with Crippen molar-refractivity contribution in [2.45, 2.75) is 38.1 Å². The summed E-state index contributed by atoms with van der Waals surface area (Å²) >= 11 is 0. The Kier molecular flexibility index (Phi) is 11.2. The SMILES string of the molecule is C=CCNC(=NC)NCC(C1CCCCC1)N(C)C.I. The van der Waals surface area contributed by atoms with E-state index < -0.39 is 0 Å². The number of guanidine groups is 1. The van der Waals surface area contributed by atoms with Crippen molar-refractivity contribution in [3.05, 3.63) is 12.7 Å². The van der Waals surface area contributed by atoms with Gasteiger partial charge in [-0.25, -0.2) is 0 Å².